The van der Waals surface area contributed by atoms with Crippen molar-refractivity contribution in [2.75, 3.05) is 25.5 Å². The minimum Gasteiger partial charge on any atom is -0.336 e. The number of imide groups is 1. The highest BCUT2D eigenvalue weighted by Gasteiger charge is 2.25. The van der Waals surface area contributed by atoms with E-state index in [0.29, 0.717) is 25.5 Å². The van der Waals surface area contributed by atoms with Crippen molar-refractivity contribution in [2.24, 2.45) is 0 Å². The Morgan fingerprint density at radius 2 is 2.50 bits per heavy atom. The minimum absolute atomic E-state index is 0.345. The van der Waals surface area contributed by atoms with E-state index in [1.54, 1.807) is 0 Å². The lowest BCUT2D eigenvalue weighted by atomic mass is 10.6. The quantitative estimate of drug-likeness (QED) is 0.602. The molecule has 2 N–H and O–H groups in total. The summed E-state index contributed by atoms with van der Waals surface area (Å²) in [4.78, 5) is 23.1. The van der Waals surface area contributed by atoms with Crippen LogP contribution in [0.15, 0.2) is 0 Å². The summed E-state index contributed by atoms with van der Waals surface area (Å²) < 4.78 is 0. The van der Waals surface area contributed by atoms with Gasteiger partial charge >= 0.3 is 12.1 Å². The molecule has 1 aliphatic heterocycles. The molecule has 68 valence electrons. The normalized spacial score (nSPS) is 16.1. The molecule has 12 heavy (non-hydrogen) atoms. The standard InChI is InChI=1S/C6H10ClN3O2/c7-1-2-8-5(11)10-4-3-9-6(10)12/h1-4H2,(H,8,11)(H,9,12). The van der Waals surface area contributed by atoms with Gasteiger partial charge in [-0.1, -0.05) is 0 Å². The van der Waals surface area contributed by atoms with Gasteiger partial charge in [-0.15, -0.1) is 11.6 Å². The molecule has 6 heteroatoms. The first-order valence-electron chi connectivity index (χ1n) is 3.65. The van der Waals surface area contributed by atoms with Gasteiger partial charge < -0.3 is 10.6 Å². The maximum absolute atomic E-state index is 11.1. The van der Waals surface area contributed by atoms with Gasteiger partial charge in [-0.3, -0.25) is 0 Å². The second-order valence-electron chi connectivity index (χ2n) is 2.30. The largest absolute Gasteiger partial charge is 0.336 e. The Balaban J connectivity index is 2.36. The molecule has 1 aliphatic rings. The first kappa shape index (κ1) is 9.12. The monoisotopic (exact) mass is 191 g/mol. The topological polar surface area (TPSA) is 61.4 Å². The van der Waals surface area contributed by atoms with Gasteiger partial charge in [0.15, 0.2) is 0 Å². The van der Waals surface area contributed by atoms with Crippen LogP contribution in [0, 0.1) is 0 Å². The van der Waals surface area contributed by atoms with E-state index in [4.69, 9.17) is 11.6 Å². The number of amides is 4. The number of carbonyl (C=O) groups is 2. The summed E-state index contributed by atoms with van der Waals surface area (Å²) >= 11 is 5.35. The van der Waals surface area contributed by atoms with E-state index in [9.17, 15) is 9.59 Å². The van der Waals surface area contributed by atoms with Crippen LogP contribution in [0.2, 0.25) is 0 Å². The van der Waals surface area contributed by atoms with Crippen LogP contribution in [-0.4, -0.2) is 42.5 Å². The van der Waals surface area contributed by atoms with Crippen molar-refractivity contribution in [3.05, 3.63) is 0 Å². The van der Waals surface area contributed by atoms with Crippen molar-refractivity contribution in [1.29, 1.82) is 0 Å². The molecule has 0 saturated carbocycles. The number of rotatable bonds is 2. The van der Waals surface area contributed by atoms with Crippen molar-refractivity contribution in [3.63, 3.8) is 0 Å². The lowest BCUT2D eigenvalue weighted by Crippen LogP contribution is -2.42. The molecule has 0 aromatic carbocycles. The summed E-state index contributed by atoms with van der Waals surface area (Å²) in [5.74, 6) is 0.348. The maximum Gasteiger partial charge on any atom is 0.325 e. The molecule has 0 radical (unpaired) electrons. The molecule has 1 saturated heterocycles. The smallest absolute Gasteiger partial charge is 0.325 e. The van der Waals surface area contributed by atoms with Crippen LogP contribution >= 0.6 is 11.6 Å². The predicted octanol–water partition coefficient (Wildman–Crippen LogP) is -0.0400. The van der Waals surface area contributed by atoms with Crippen LogP contribution in [0.3, 0.4) is 0 Å². The Hall–Kier alpha value is -0.970. The third-order valence-corrected chi connectivity index (χ3v) is 1.66. The van der Waals surface area contributed by atoms with Crippen molar-refractivity contribution < 1.29 is 9.59 Å². The van der Waals surface area contributed by atoms with Gasteiger partial charge in [0.25, 0.3) is 0 Å². The molecule has 1 rings (SSSR count). The van der Waals surface area contributed by atoms with Crippen LogP contribution in [0.4, 0.5) is 9.59 Å². The number of alkyl halides is 1. The molecular formula is C6H10ClN3O2. The van der Waals surface area contributed by atoms with Crippen LogP contribution in [0.25, 0.3) is 0 Å². The summed E-state index contributed by atoms with van der Waals surface area (Å²) in [5.41, 5.74) is 0. The number of hydrogen-bond acceptors (Lipinski definition) is 2. The van der Waals surface area contributed by atoms with Crippen LogP contribution in [0.1, 0.15) is 0 Å². The molecule has 1 heterocycles. The van der Waals surface area contributed by atoms with Gasteiger partial charge in [0.05, 0.1) is 0 Å². The maximum atomic E-state index is 11.1. The highest BCUT2D eigenvalue weighted by Crippen LogP contribution is 1.96. The van der Waals surface area contributed by atoms with E-state index in [0.717, 1.165) is 4.90 Å². The Kier molecular flexibility index (Phi) is 3.16. The SMILES string of the molecule is O=C(NCCCl)N1CCNC1=O. The lowest BCUT2D eigenvalue weighted by Gasteiger charge is -2.11. The zero-order chi connectivity index (χ0) is 8.97. The second-order valence-corrected chi connectivity index (χ2v) is 2.68. The molecule has 0 unspecified atom stereocenters. The van der Waals surface area contributed by atoms with Crippen LogP contribution in [-0.2, 0) is 0 Å². The van der Waals surface area contributed by atoms with E-state index >= 15 is 0 Å². The van der Waals surface area contributed by atoms with Gasteiger partial charge in [-0.05, 0) is 0 Å². The number of halogens is 1. The first-order valence-corrected chi connectivity index (χ1v) is 4.18. The fourth-order valence-corrected chi connectivity index (χ4v) is 1.01. The van der Waals surface area contributed by atoms with Gasteiger partial charge in [-0.2, -0.15) is 0 Å². The van der Waals surface area contributed by atoms with E-state index in [1.807, 2.05) is 0 Å². The summed E-state index contributed by atoms with van der Waals surface area (Å²) in [5, 5.41) is 5.02. The molecule has 1 fully saturated rings. The van der Waals surface area contributed by atoms with E-state index < -0.39 is 0 Å². The Morgan fingerprint density at radius 1 is 1.75 bits per heavy atom. The minimum atomic E-state index is -0.384. The zero-order valence-electron chi connectivity index (χ0n) is 6.47. The van der Waals surface area contributed by atoms with Gasteiger partial charge in [0, 0.05) is 25.5 Å². The van der Waals surface area contributed by atoms with Crippen molar-refractivity contribution in [1.82, 2.24) is 15.5 Å². The molecule has 0 atom stereocenters. The predicted molar refractivity (Wildman–Crippen MR) is 44.2 cm³/mol. The highest BCUT2D eigenvalue weighted by molar-refractivity contribution is 6.18. The average molecular weight is 192 g/mol. The summed E-state index contributed by atoms with van der Waals surface area (Å²) in [7, 11) is 0. The number of urea groups is 2. The van der Waals surface area contributed by atoms with Crippen molar-refractivity contribution in [2.45, 2.75) is 0 Å². The van der Waals surface area contributed by atoms with Crippen LogP contribution < -0.4 is 10.6 Å². The number of carbonyl (C=O) groups excluding carboxylic acids is 2. The molecular weight excluding hydrogens is 182 g/mol. The van der Waals surface area contributed by atoms with Crippen molar-refractivity contribution >= 4 is 23.7 Å². The number of nitrogens with one attached hydrogen (secondary N) is 2. The number of hydrogen-bond donors (Lipinski definition) is 2. The van der Waals surface area contributed by atoms with Crippen LogP contribution in [0.5, 0.6) is 0 Å². The summed E-state index contributed by atoms with van der Waals surface area (Å²) in [6, 6.07) is -0.729. The summed E-state index contributed by atoms with van der Waals surface area (Å²) in [6.07, 6.45) is 0. The summed E-state index contributed by atoms with van der Waals surface area (Å²) in [6.45, 7) is 1.32. The molecule has 5 nitrogen and oxygen atoms in total. The third kappa shape index (κ3) is 2.01. The molecule has 0 aromatic heterocycles. The zero-order valence-corrected chi connectivity index (χ0v) is 7.23. The fraction of sp³-hybridized carbons (Fsp3) is 0.667. The van der Waals surface area contributed by atoms with E-state index in [1.165, 1.54) is 0 Å². The highest BCUT2D eigenvalue weighted by atomic mass is 35.5. The first-order chi connectivity index (χ1) is 5.75. The molecule has 0 aliphatic carbocycles. The number of nitrogens with zero attached hydrogens (tertiary/aromatic N) is 1. The molecule has 0 bridgehead atoms. The molecule has 0 aromatic rings. The Morgan fingerprint density at radius 3 is 3.00 bits per heavy atom. The molecule has 0 spiro atoms. The second kappa shape index (κ2) is 4.15. The average Bonchev–Trinajstić information content (AvgIpc) is 2.47. The Bertz CT molecular complexity index is 197. The molecule has 4 amide bonds. The van der Waals surface area contributed by atoms with Crippen molar-refractivity contribution in [3.8, 4) is 0 Å². The fourth-order valence-electron chi connectivity index (χ4n) is 0.915. The van der Waals surface area contributed by atoms with E-state index in [-0.39, 0.29) is 12.1 Å². The Labute approximate surface area is 75.0 Å². The lowest BCUT2D eigenvalue weighted by molar-refractivity contribution is 0.199. The van der Waals surface area contributed by atoms with Gasteiger partial charge in [-0.25, -0.2) is 14.5 Å². The van der Waals surface area contributed by atoms with E-state index in [2.05, 4.69) is 10.6 Å². The van der Waals surface area contributed by atoms with Gasteiger partial charge in [0.2, 0.25) is 0 Å². The third-order valence-electron chi connectivity index (χ3n) is 1.47. The van der Waals surface area contributed by atoms with Gasteiger partial charge in [0.1, 0.15) is 0 Å².